The summed E-state index contributed by atoms with van der Waals surface area (Å²) in [5, 5.41) is 6.04. The van der Waals surface area contributed by atoms with Crippen LogP contribution in [0, 0.1) is 6.92 Å². The summed E-state index contributed by atoms with van der Waals surface area (Å²) in [6.07, 6.45) is 5.94. The zero-order valence-corrected chi connectivity index (χ0v) is 16.4. The van der Waals surface area contributed by atoms with Crippen LogP contribution in [-0.2, 0) is 16.1 Å². The van der Waals surface area contributed by atoms with Gasteiger partial charge < -0.3 is 15.4 Å². The third kappa shape index (κ3) is 5.22. The summed E-state index contributed by atoms with van der Waals surface area (Å²) >= 11 is 0. The lowest BCUT2D eigenvalue weighted by atomic mass is 9.95. The van der Waals surface area contributed by atoms with Gasteiger partial charge in [-0.15, -0.1) is 0 Å². The molecule has 1 aliphatic heterocycles. The number of nitrogens with one attached hydrogen (secondary N) is 2. The first-order chi connectivity index (χ1) is 13.1. The van der Waals surface area contributed by atoms with Gasteiger partial charge >= 0.3 is 0 Å². The van der Waals surface area contributed by atoms with E-state index in [-0.39, 0.29) is 24.3 Å². The fourth-order valence-corrected chi connectivity index (χ4v) is 4.16. The maximum absolute atomic E-state index is 12.5. The molecule has 1 saturated carbocycles. The van der Waals surface area contributed by atoms with Crippen molar-refractivity contribution in [2.24, 2.45) is 0 Å². The van der Waals surface area contributed by atoms with Crippen molar-refractivity contribution in [1.82, 2.24) is 15.5 Å². The summed E-state index contributed by atoms with van der Waals surface area (Å²) in [6.45, 7) is 4.03. The van der Waals surface area contributed by atoms with Crippen molar-refractivity contribution >= 4 is 11.8 Å². The van der Waals surface area contributed by atoms with Crippen LogP contribution in [0.5, 0.6) is 5.75 Å². The number of carbonyl (C=O) groups is 2. The van der Waals surface area contributed by atoms with E-state index in [4.69, 9.17) is 4.74 Å². The third-order valence-corrected chi connectivity index (χ3v) is 5.64. The van der Waals surface area contributed by atoms with E-state index in [1.54, 1.807) is 7.11 Å². The molecular formula is C21H31N3O3. The molecule has 148 valence electrons. The number of ether oxygens (including phenoxy) is 1. The first-order valence-electron chi connectivity index (χ1n) is 10.0. The second kappa shape index (κ2) is 9.22. The van der Waals surface area contributed by atoms with Crippen molar-refractivity contribution in [2.45, 2.75) is 64.1 Å². The molecule has 2 fully saturated rings. The number of hydrogen-bond acceptors (Lipinski definition) is 4. The molecule has 1 aromatic carbocycles. The summed E-state index contributed by atoms with van der Waals surface area (Å²) in [6, 6.07) is 5.93. The maximum Gasteiger partial charge on any atom is 0.237 e. The topological polar surface area (TPSA) is 70.7 Å². The smallest absolute Gasteiger partial charge is 0.237 e. The van der Waals surface area contributed by atoms with Gasteiger partial charge in [-0.1, -0.05) is 31.4 Å². The minimum absolute atomic E-state index is 0.0140. The van der Waals surface area contributed by atoms with Crippen LogP contribution < -0.4 is 15.4 Å². The van der Waals surface area contributed by atoms with Crippen molar-refractivity contribution in [3.63, 3.8) is 0 Å². The number of rotatable bonds is 6. The van der Waals surface area contributed by atoms with E-state index in [2.05, 4.69) is 21.6 Å². The van der Waals surface area contributed by atoms with Crippen LogP contribution in [-0.4, -0.2) is 49.0 Å². The molecule has 1 unspecified atom stereocenters. The Bertz CT molecular complexity index is 671. The largest absolute Gasteiger partial charge is 0.496 e. The summed E-state index contributed by atoms with van der Waals surface area (Å²) in [7, 11) is 1.66. The highest BCUT2D eigenvalue weighted by Crippen LogP contribution is 2.22. The van der Waals surface area contributed by atoms with E-state index < -0.39 is 6.04 Å². The molecule has 2 amide bonds. The second-order valence-corrected chi connectivity index (χ2v) is 7.69. The SMILES string of the molecule is COc1ccc(CN2CCNC(=O)C2CC(=O)NC2CCCCC2)cc1C. The van der Waals surface area contributed by atoms with Crippen molar-refractivity contribution in [3.8, 4) is 5.75 Å². The predicted molar refractivity (Wildman–Crippen MR) is 105 cm³/mol. The molecule has 0 bridgehead atoms. The molecule has 6 nitrogen and oxygen atoms in total. The van der Waals surface area contributed by atoms with E-state index in [9.17, 15) is 9.59 Å². The Kier molecular flexibility index (Phi) is 6.72. The van der Waals surface area contributed by atoms with Crippen molar-refractivity contribution in [1.29, 1.82) is 0 Å². The fourth-order valence-electron chi connectivity index (χ4n) is 4.16. The highest BCUT2D eigenvalue weighted by molar-refractivity contribution is 5.88. The number of benzene rings is 1. The minimum atomic E-state index is -0.412. The number of methoxy groups -OCH3 is 1. The lowest BCUT2D eigenvalue weighted by Crippen LogP contribution is -2.56. The molecule has 1 heterocycles. The number of piperazine rings is 1. The standard InChI is InChI=1S/C21H31N3O3/c1-15-12-16(8-9-19(15)27-2)14-24-11-10-22-21(26)18(24)13-20(25)23-17-6-4-3-5-7-17/h8-9,12,17-18H,3-7,10-11,13-14H2,1-2H3,(H,22,26)(H,23,25). The normalized spacial score (nSPS) is 21.6. The molecule has 1 atom stereocenters. The van der Waals surface area contributed by atoms with Gasteiger partial charge in [0.15, 0.2) is 0 Å². The van der Waals surface area contributed by atoms with Crippen LogP contribution in [0.1, 0.15) is 49.7 Å². The molecule has 2 N–H and O–H groups in total. The first kappa shape index (κ1) is 19.7. The van der Waals surface area contributed by atoms with Gasteiger partial charge in [-0.25, -0.2) is 0 Å². The van der Waals surface area contributed by atoms with Gasteiger partial charge in [-0.05, 0) is 37.0 Å². The molecule has 2 aliphatic rings. The van der Waals surface area contributed by atoms with Gasteiger partial charge in [0.2, 0.25) is 11.8 Å². The predicted octanol–water partition coefficient (Wildman–Crippen LogP) is 2.14. The number of aryl methyl sites for hydroxylation is 1. The van der Waals surface area contributed by atoms with Crippen LogP contribution in [0.25, 0.3) is 0 Å². The Balaban J connectivity index is 1.63. The van der Waals surface area contributed by atoms with Gasteiger partial charge in [0, 0.05) is 25.7 Å². The molecule has 1 aliphatic carbocycles. The van der Waals surface area contributed by atoms with Crippen molar-refractivity contribution in [3.05, 3.63) is 29.3 Å². The summed E-state index contributed by atoms with van der Waals surface area (Å²) in [5.41, 5.74) is 2.20. The highest BCUT2D eigenvalue weighted by atomic mass is 16.5. The van der Waals surface area contributed by atoms with E-state index >= 15 is 0 Å². The Hall–Kier alpha value is -2.08. The number of amides is 2. The number of hydrogen-bond donors (Lipinski definition) is 2. The summed E-state index contributed by atoms with van der Waals surface area (Å²) < 4.78 is 5.32. The van der Waals surface area contributed by atoms with Gasteiger partial charge in [-0.2, -0.15) is 0 Å². The van der Waals surface area contributed by atoms with Crippen molar-refractivity contribution in [2.75, 3.05) is 20.2 Å². The number of nitrogens with zero attached hydrogens (tertiary/aromatic N) is 1. The molecule has 6 heteroatoms. The first-order valence-corrected chi connectivity index (χ1v) is 10.0. The Morgan fingerprint density at radius 3 is 2.78 bits per heavy atom. The van der Waals surface area contributed by atoms with Gasteiger partial charge in [-0.3, -0.25) is 14.5 Å². The van der Waals surface area contributed by atoms with Crippen LogP contribution in [0.4, 0.5) is 0 Å². The van der Waals surface area contributed by atoms with Crippen molar-refractivity contribution < 1.29 is 14.3 Å². The molecule has 0 aromatic heterocycles. The van der Waals surface area contributed by atoms with Crippen LogP contribution in [0.3, 0.4) is 0 Å². The second-order valence-electron chi connectivity index (χ2n) is 7.69. The van der Waals surface area contributed by atoms with Gasteiger partial charge in [0.1, 0.15) is 5.75 Å². The molecule has 1 saturated heterocycles. The lowest BCUT2D eigenvalue weighted by Gasteiger charge is -2.35. The Morgan fingerprint density at radius 2 is 2.07 bits per heavy atom. The quantitative estimate of drug-likeness (QED) is 0.802. The molecule has 0 radical (unpaired) electrons. The van der Waals surface area contributed by atoms with E-state index in [0.717, 1.165) is 36.3 Å². The molecule has 27 heavy (non-hydrogen) atoms. The van der Waals surface area contributed by atoms with Crippen LogP contribution in [0.15, 0.2) is 18.2 Å². The fraction of sp³-hybridized carbons (Fsp3) is 0.619. The average Bonchev–Trinajstić information content (AvgIpc) is 2.65. The van der Waals surface area contributed by atoms with E-state index in [1.165, 1.54) is 19.3 Å². The molecular weight excluding hydrogens is 342 g/mol. The lowest BCUT2D eigenvalue weighted by molar-refractivity contribution is -0.134. The van der Waals surface area contributed by atoms with Crippen LogP contribution in [0.2, 0.25) is 0 Å². The van der Waals surface area contributed by atoms with E-state index in [1.807, 2.05) is 19.1 Å². The van der Waals surface area contributed by atoms with Crippen LogP contribution >= 0.6 is 0 Å². The number of carbonyl (C=O) groups excluding carboxylic acids is 2. The Morgan fingerprint density at radius 1 is 1.30 bits per heavy atom. The molecule has 1 aromatic rings. The molecule has 0 spiro atoms. The highest BCUT2D eigenvalue weighted by Gasteiger charge is 2.32. The Labute approximate surface area is 161 Å². The zero-order valence-electron chi connectivity index (χ0n) is 16.4. The van der Waals surface area contributed by atoms with Gasteiger partial charge in [0.25, 0.3) is 0 Å². The summed E-state index contributed by atoms with van der Waals surface area (Å²) in [4.78, 5) is 27.1. The average molecular weight is 373 g/mol. The van der Waals surface area contributed by atoms with Gasteiger partial charge in [0.05, 0.1) is 19.6 Å². The summed E-state index contributed by atoms with van der Waals surface area (Å²) in [5.74, 6) is 0.795. The molecule has 3 rings (SSSR count). The monoisotopic (exact) mass is 373 g/mol. The minimum Gasteiger partial charge on any atom is -0.496 e. The third-order valence-electron chi connectivity index (χ3n) is 5.64. The maximum atomic E-state index is 12.5. The van der Waals surface area contributed by atoms with E-state index in [0.29, 0.717) is 13.1 Å². The zero-order chi connectivity index (χ0) is 19.2.